The number of nitrogens with zero attached hydrogens (tertiary/aromatic N) is 2. The smallest absolute Gasteiger partial charge is 0.431 e. The lowest BCUT2D eigenvalue weighted by Gasteiger charge is -2.28. The van der Waals surface area contributed by atoms with Crippen molar-refractivity contribution in [2.75, 3.05) is 40.1 Å². The third-order valence-electron chi connectivity index (χ3n) is 6.19. The fraction of sp³-hybridized carbons (Fsp3) is 0.481. The number of hydroxylamine groups is 2. The van der Waals surface area contributed by atoms with Gasteiger partial charge >= 0.3 is 12.2 Å². The Bertz CT molecular complexity index is 1270. The molecule has 2 amide bonds. The number of alkyl carbamates (subject to hydrolysis) is 1. The van der Waals surface area contributed by atoms with Gasteiger partial charge in [0.05, 0.1) is 24.2 Å². The Hall–Kier alpha value is -3.75. The van der Waals surface area contributed by atoms with Crippen molar-refractivity contribution in [3.8, 4) is 17.2 Å². The highest BCUT2D eigenvalue weighted by molar-refractivity contribution is 7.89. The average molecular weight is 596 g/mol. The van der Waals surface area contributed by atoms with E-state index in [1.807, 2.05) is 13.8 Å². The van der Waals surface area contributed by atoms with E-state index in [2.05, 4.69) is 5.32 Å². The van der Waals surface area contributed by atoms with Crippen LogP contribution in [-0.4, -0.2) is 86.5 Å². The van der Waals surface area contributed by atoms with Crippen molar-refractivity contribution in [1.82, 2.24) is 14.7 Å². The van der Waals surface area contributed by atoms with Crippen LogP contribution in [0.4, 0.5) is 9.59 Å². The van der Waals surface area contributed by atoms with Crippen molar-refractivity contribution in [3.05, 3.63) is 48.0 Å². The second-order valence-corrected chi connectivity index (χ2v) is 11.7. The van der Waals surface area contributed by atoms with E-state index in [1.54, 1.807) is 24.3 Å². The van der Waals surface area contributed by atoms with Gasteiger partial charge in [0.1, 0.15) is 5.75 Å². The van der Waals surface area contributed by atoms with Crippen molar-refractivity contribution in [3.63, 3.8) is 0 Å². The first-order valence-electron chi connectivity index (χ1n) is 13.2. The number of ether oxygens (including phenoxy) is 4. The van der Waals surface area contributed by atoms with Gasteiger partial charge in [-0.1, -0.05) is 26.0 Å². The monoisotopic (exact) mass is 595 g/mol. The highest BCUT2D eigenvalue weighted by Crippen LogP contribution is 2.35. The van der Waals surface area contributed by atoms with Crippen LogP contribution in [0.1, 0.15) is 32.3 Å². The molecule has 2 aromatic rings. The van der Waals surface area contributed by atoms with Crippen LogP contribution in [0.5, 0.6) is 17.2 Å². The number of amides is 2. The molecule has 226 valence electrons. The first kappa shape index (κ1) is 31.8. The summed E-state index contributed by atoms with van der Waals surface area (Å²) in [5, 5.41) is 22.4. The van der Waals surface area contributed by atoms with E-state index in [9.17, 15) is 28.3 Å². The number of carboxylic acid groups (broad SMARTS) is 1. The highest BCUT2D eigenvalue weighted by Gasteiger charge is 2.30. The van der Waals surface area contributed by atoms with E-state index in [-0.39, 0.29) is 55.2 Å². The van der Waals surface area contributed by atoms with Gasteiger partial charge in [-0.25, -0.2) is 18.0 Å². The maximum Gasteiger partial charge on any atom is 0.431 e. The molecule has 41 heavy (non-hydrogen) atoms. The van der Waals surface area contributed by atoms with Gasteiger partial charge in [-0.15, -0.1) is 0 Å². The molecule has 14 heteroatoms. The number of rotatable bonds is 15. The number of carbonyl (C=O) groups excluding carboxylic acids is 1. The lowest BCUT2D eigenvalue weighted by molar-refractivity contribution is -0.0984. The molecular formula is C27H37N3O10S. The van der Waals surface area contributed by atoms with Gasteiger partial charge in [-0.05, 0) is 48.6 Å². The van der Waals surface area contributed by atoms with Crippen LogP contribution >= 0.6 is 0 Å². The number of hydrogen-bond acceptors (Lipinski definition) is 9. The minimum absolute atomic E-state index is 0.00940. The second-order valence-electron chi connectivity index (χ2n) is 9.78. The van der Waals surface area contributed by atoms with Crippen LogP contribution in [0.2, 0.25) is 0 Å². The molecule has 3 N–H and O–H groups in total. The third kappa shape index (κ3) is 9.13. The van der Waals surface area contributed by atoms with Gasteiger partial charge in [0.2, 0.25) is 16.8 Å². The zero-order valence-corrected chi connectivity index (χ0v) is 24.1. The molecule has 0 aromatic heterocycles. The summed E-state index contributed by atoms with van der Waals surface area (Å²) < 4.78 is 49.5. The van der Waals surface area contributed by atoms with Crippen molar-refractivity contribution in [2.24, 2.45) is 5.92 Å². The molecule has 0 spiro atoms. The molecule has 0 saturated carbocycles. The minimum atomic E-state index is -3.95. The van der Waals surface area contributed by atoms with Gasteiger partial charge in [0.15, 0.2) is 11.5 Å². The van der Waals surface area contributed by atoms with Crippen molar-refractivity contribution in [1.29, 1.82) is 0 Å². The summed E-state index contributed by atoms with van der Waals surface area (Å²) in [6, 6.07) is 10.4. The van der Waals surface area contributed by atoms with E-state index >= 15 is 0 Å². The van der Waals surface area contributed by atoms with Gasteiger partial charge < -0.3 is 29.4 Å². The molecule has 1 unspecified atom stereocenters. The summed E-state index contributed by atoms with van der Waals surface area (Å²) in [5.41, 5.74) is 0.722. The molecule has 0 radical (unpaired) electrons. The fourth-order valence-electron chi connectivity index (χ4n) is 4.14. The van der Waals surface area contributed by atoms with Gasteiger partial charge in [-0.3, -0.25) is 5.21 Å². The molecule has 0 fully saturated rings. The first-order valence-corrected chi connectivity index (χ1v) is 14.6. The van der Waals surface area contributed by atoms with Crippen LogP contribution in [-0.2, 0) is 21.2 Å². The molecule has 1 atom stereocenters. The predicted molar refractivity (Wildman–Crippen MR) is 147 cm³/mol. The van der Waals surface area contributed by atoms with Crippen LogP contribution in [0.3, 0.4) is 0 Å². The highest BCUT2D eigenvalue weighted by atomic mass is 32.2. The van der Waals surface area contributed by atoms with Crippen molar-refractivity contribution in [2.45, 2.75) is 44.0 Å². The van der Waals surface area contributed by atoms with E-state index in [0.29, 0.717) is 30.3 Å². The normalized spacial score (nSPS) is 13.2. The maximum atomic E-state index is 13.6. The minimum Gasteiger partial charge on any atom is -0.493 e. The molecule has 3 rings (SSSR count). The number of fused-ring (bicyclic) bond motifs is 1. The number of benzene rings is 2. The van der Waals surface area contributed by atoms with Crippen LogP contribution in [0.25, 0.3) is 0 Å². The van der Waals surface area contributed by atoms with Crippen molar-refractivity contribution >= 4 is 22.2 Å². The molecule has 0 saturated heterocycles. The Morgan fingerprint density at radius 1 is 1.07 bits per heavy atom. The van der Waals surface area contributed by atoms with Crippen LogP contribution in [0.15, 0.2) is 47.4 Å². The lowest BCUT2D eigenvalue weighted by atomic mass is 10.0. The summed E-state index contributed by atoms with van der Waals surface area (Å²) in [7, 11) is -2.48. The summed E-state index contributed by atoms with van der Waals surface area (Å²) in [5.74, 6) is 1.36. The Morgan fingerprint density at radius 3 is 2.44 bits per heavy atom. The zero-order chi connectivity index (χ0) is 30.0. The largest absolute Gasteiger partial charge is 0.493 e. The third-order valence-corrected chi connectivity index (χ3v) is 8.05. The Balaban J connectivity index is 1.66. The second kappa shape index (κ2) is 14.8. The molecule has 1 heterocycles. The van der Waals surface area contributed by atoms with Crippen LogP contribution in [0, 0.1) is 5.92 Å². The summed E-state index contributed by atoms with van der Waals surface area (Å²) in [6.07, 6.45) is -1.37. The fourth-order valence-corrected chi connectivity index (χ4v) is 5.78. The zero-order valence-electron chi connectivity index (χ0n) is 23.3. The summed E-state index contributed by atoms with van der Waals surface area (Å²) >= 11 is 0. The molecule has 0 aliphatic carbocycles. The Kier molecular flexibility index (Phi) is 11.4. The van der Waals surface area contributed by atoms with E-state index in [0.717, 1.165) is 5.56 Å². The number of sulfonamides is 1. The van der Waals surface area contributed by atoms with Crippen molar-refractivity contribution < 1.29 is 47.3 Å². The average Bonchev–Trinajstić information content (AvgIpc) is 3.42. The SMILES string of the molecule is CNC(=O)OCCCOc1ccc(CC(CCN(CC(C)C)S(=O)(=O)c2ccc3c(c2)OCO3)N(O)C(=O)O)cc1. The lowest BCUT2D eigenvalue weighted by Crippen LogP contribution is -2.42. The van der Waals surface area contributed by atoms with E-state index in [4.69, 9.17) is 18.9 Å². The van der Waals surface area contributed by atoms with E-state index in [1.165, 1.54) is 29.6 Å². The van der Waals surface area contributed by atoms with Gasteiger partial charge in [0.25, 0.3) is 0 Å². The quantitative estimate of drug-likeness (QED) is 0.158. The van der Waals surface area contributed by atoms with Crippen LogP contribution < -0.4 is 19.5 Å². The summed E-state index contributed by atoms with van der Waals surface area (Å²) in [6.45, 7) is 4.48. The maximum absolute atomic E-state index is 13.6. The standard InChI is InChI=1S/C27H37N3O10S/c1-19(2)17-29(41(35,36)23-9-10-24-25(16-23)40-18-39-24)12-11-21(30(34)27(32)33)15-20-5-7-22(8-6-20)37-13-4-14-38-26(31)28-3/h5-10,16,19,21,34H,4,11-15,17-18H2,1-3H3,(H,28,31)(H,32,33). The topological polar surface area (TPSA) is 164 Å². The predicted octanol–water partition coefficient (Wildman–Crippen LogP) is 3.56. The Morgan fingerprint density at radius 2 is 1.78 bits per heavy atom. The van der Waals surface area contributed by atoms with E-state index < -0.39 is 28.3 Å². The molecule has 0 bridgehead atoms. The Labute approximate surface area is 239 Å². The van der Waals surface area contributed by atoms with Gasteiger partial charge in [-0.2, -0.15) is 9.37 Å². The molecular weight excluding hydrogens is 558 g/mol. The number of hydrogen-bond donors (Lipinski definition) is 3. The number of carbonyl (C=O) groups is 2. The number of nitrogens with one attached hydrogen (secondary N) is 1. The molecule has 1 aliphatic rings. The molecule has 2 aromatic carbocycles. The molecule has 1 aliphatic heterocycles. The first-order chi connectivity index (χ1) is 19.5. The summed E-state index contributed by atoms with van der Waals surface area (Å²) in [4.78, 5) is 22.7. The van der Waals surface area contributed by atoms with Gasteiger partial charge in [0, 0.05) is 32.6 Å². The molecule has 13 nitrogen and oxygen atoms in total.